The first kappa shape index (κ1) is 19.2. The highest BCUT2D eigenvalue weighted by molar-refractivity contribution is 7.86. The second-order valence-corrected chi connectivity index (χ2v) is 6.29. The highest BCUT2D eigenvalue weighted by Crippen LogP contribution is 2.25. The van der Waals surface area contributed by atoms with E-state index in [1.54, 1.807) is 0 Å². The van der Waals surface area contributed by atoms with Crippen LogP contribution in [0.15, 0.2) is 58.6 Å². The molecule has 2 rings (SSSR count). The quantitative estimate of drug-likeness (QED) is 0.476. The fraction of sp³-hybridized carbons (Fsp3) is 0.0714. The monoisotopic (exact) mass is 390 g/mol. The lowest BCUT2D eigenvalue weighted by atomic mass is 10.1. The summed E-state index contributed by atoms with van der Waals surface area (Å²) in [6.07, 6.45) is -5.04. The third-order valence-electron chi connectivity index (χ3n) is 2.97. The Labute approximate surface area is 144 Å². The van der Waals surface area contributed by atoms with Gasteiger partial charge in [-0.25, -0.2) is 0 Å². The molecule has 0 aliphatic rings. The van der Waals surface area contributed by atoms with Crippen molar-refractivity contribution in [3.05, 3.63) is 64.2 Å². The van der Waals surface area contributed by atoms with Crippen molar-refractivity contribution in [3.63, 3.8) is 0 Å². The summed E-state index contributed by atoms with van der Waals surface area (Å²) in [5.74, 6) is -0.297. The molecule has 0 aromatic heterocycles. The van der Waals surface area contributed by atoms with Gasteiger partial charge in [-0.05, 0) is 36.4 Å². The lowest BCUT2D eigenvalue weighted by Gasteiger charge is -2.10. The number of rotatable bonds is 5. The number of oxime groups is 1. The number of nitrogens with zero attached hydrogens (tertiary/aromatic N) is 2. The number of hydrogen-bond donors (Lipinski definition) is 1. The van der Waals surface area contributed by atoms with E-state index in [4.69, 9.17) is 5.11 Å². The third-order valence-corrected chi connectivity index (χ3v) is 4.09. The van der Waals surface area contributed by atoms with Crippen LogP contribution in [0, 0.1) is 10.1 Å². The number of hydrogen-bond acceptors (Lipinski definition) is 7. The highest BCUT2D eigenvalue weighted by atomic mass is 32.2. The molecule has 2 aromatic rings. The number of nitro groups is 1. The highest BCUT2D eigenvalue weighted by Gasteiger charge is 2.38. The largest absolute Gasteiger partial charge is 0.508 e. The Kier molecular flexibility index (Phi) is 5.16. The van der Waals surface area contributed by atoms with Gasteiger partial charge in [0.2, 0.25) is 0 Å². The lowest BCUT2D eigenvalue weighted by Crippen LogP contribution is -2.25. The van der Waals surface area contributed by atoms with Crippen molar-refractivity contribution < 1.29 is 35.9 Å². The molecule has 0 spiro atoms. The summed E-state index contributed by atoms with van der Waals surface area (Å²) in [5.41, 5.74) is -2.58. The molecule has 0 fully saturated rings. The van der Waals surface area contributed by atoms with Crippen molar-refractivity contribution in [2.24, 2.45) is 5.16 Å². The molecule has 0 aliphatic heterocycles. The smallest absolute Gasteiger partial charge is 0.437 e. The van der Waals surface area contributed by atoms with Crippen LogP contribution < -0.4 is 0 Å². The van der Waals surface area contributed by atoms with E-state index in [1.807, 2.05) is 0 Å². The van der Waals surface area contributed by atoms with Gasteiger partial charge in [0.25, 0.3) is 5.69 Å². The van der Waals surface area contributed by atoms with E-state index in [0.717, 1.165) is 48.5 Å². The summed E-state index contributed by atoms with van der Waals surface area (Å²) in [6.45, 7) is 0. The van der Waals surface area contributed by atoms with Gasteiger partial charge in [0.15, 0.2) is 5.71 Å². The molecule has 8 nitrogen and oxygen atoms in total. The van der Waals surface area contributed by atoms with Gasteiger partial charge in [0.05, 0.1) is 4.92 Å². The number of phenols is 1. The van der Waals surface area contributed by atoms with Crippen molar-refractivity contribution in [2.45, 2.75) is 11.1 Å². The van der Waals surface area contributed by atoms with Crippen molar-refractivity contribution in [3.8, 4) is 5.75 Å². The zero-order valence-corrected chi connectivity index (χ0v) is 13.4. The number of aromatic hydroxyl groups is 1. The van der Waals surface area contributed by atoms with Crippen LogP contribution in [-0.4, -0.2) is 30.3 Å². The first-order valence-electron chi connectivity index (χ1n) is 6.63. The molecule has 0 aliphatic carbocycles. The molecule has 26 heavy (non-hydrogen) atoms. The molecule has 138 valence electrons. The molecule has 2 aromatic carbocycles. The fourth-order valence-electron chi connectivity index (χ4n) is 1.75. The van der Waals surface area contributed by atoms with Gasteiger partial charge in [0, 0.05) is 17.7 Å². The molecule has 12 heteroatoms. The zero-order chi connectivity index (χ0) is 19.5. The number of phenolic OH excluding ortho intramolecular Hbond substituents is 1. The maximum atomic E-state index is 13.1. The van der Waals surface area contributed by atoms with Gasteiger partial charge >= 0.3 is 16.3 Å². The predicted octanol–water partition coefficient (Wildman–Crippen LogP) is 2.97. The maximum absolute atomic E-state index is 13.1. The van der Waals surface area contributed by atoms with Crippen LogP contribution in [-0.2, 0) is 14.4 Å². The minimum Gasteiger partial charge on any atom is -0.508 e. The average Bonchev–Trinajstić information content (AvgIpc) is 2.55. The molecule has 0 heterocycles. The van der Waals surface area contributed by atoms with Crippen molar-refractivity contribution in [1.82, 2.24) is 0 Å². The summed E-state index contributed by atoms with van der Waals surface area (Å²) in [4.78, 5) is 9.14. The van der Waals surface area contributed by atoms with Gasteiger partial charge in [-0.1, -0.05) is 5.16 Å². The zero-order valence-electron chi connectivity index (χ0n) is 12.5. The Bertz CT molecular complexity index is 938. The van der Waals surface area contributed by atoms with Gasteiger partial charge < -0.3 is 5.11 Å². The van der Waals surface area contributed by atoms with Crippen molar-refractivity contribution in [1.29, 1.82) is 0 Å². The molecule has 0 unspecified atom stereocenters. The van der Waals surface area contributed by atoms with Gasteiger partial charge in [-0.15, -0.1) is 0 Å². The number of alkyl halides is 3. The molecule has 1 N–H and O–H groups in total. The van der Waals surface area contributed by atoms with Gasteiger partial charge in [-0.2, -0.15) is 21.6 Å². The molecule has 0 amide bonds. The van der Waals surface area contributed by atoms with Crippen LogP contribution >= 0.6 is 0 Å². The van der Waals surface area contributed by atoms with E-state index in [1.165, 1.54) is 0 Å². The topological polar surface area (TPSA) is 119 Å². The maximum Gasteiger partial charge on any atom is 0.437 e. The normalized spacial score (nSPS) is 12.7. The number of nitro benzene ring substituents is 1. The average molecular weight is 390 g/mol. The van der Waals surface area contributed by atoms with Gasteiger partial charge in [-0.3, -0.25) is 14.4 Å². The molecule has 0 saturated heterocycles. The first-order chi connectivity index (χ1) is 12.0. The van der Waals surface area contributed by atoms with E-state index in [2.05, 4.69) is 9.44 Å². The van der Waals surface area contributed by atoms with Crippen LogP contribution in [0.5, 0.6) is 5.75 Å². The summed E-state index contributed by atoms with van der Waals surface area (Å²) < 4.78 is 67.2. The molecular weight excluding hydrogens is 381 g/mol. The summed E-state index contributed by atoms with van der Waals surface area (Å²) in [5, 5.41) is 22.3. The van der Waals surface area contributed by atoms with Crippen molar-refractivity contribution in [2.75, 3.05) is 0 Å². The Morgan fingerprint density at radius 1 is 1.08 bits per heavy atom. The summed E-state index contributed by atoms with van der Waals surface area (Å²) >= 11 is 0. The molecule has 0 atom stereocenters. The van der Waals surface area contributed by atoms with Crippen LogP contribution in [0.4, 0.5) is 18.9 Å². The van der Waals surface area contributed by atoms with Crippen LogP contribution in [0.2, 0.25) is 0 Å². The number of benzene rings is 2. The van der Waals surface area contributed by atoms with E-state index >= 15 is 0 Å². The van der Waals surface area contributed by atoms with E-state index in [9.17, 15) is 31.7 Å². The van der Waals surface area contributed by atoms with Gasteiger partial charge in [0.1, 0.15) is 10.6 Å². The lowest BCUT2D eigenvalue weighted by molar-refractivity contribution is -0.384. The minimum absolute atomic E-state index is 0.297. The first-order valence-corrected chi connectivity index (χ1v) is 8.04. The SMILES string of the molecule is O=[N+]([O-])c1ccc(S(=O)(=O)O/N=C(/c2ccc(O)cc2)C(F)(F)F)cc1. The van der Waals surface area contributed by atoms with E-state index in [-0.39, 0.29) is 5.75 Å². The second kappa shape index (κ2) is 7.00. The molecule has 0 saturated carbocycles. The van der Waals surface area contributed by atoms with Crippen LogP contribution in [0.25, 0.3) is 0 Å². The molecular formula is C14H9F3N2O6S. The van der Waals surface area contributed by atoms with E-state index < -0.39 is 43.1 Å². The molecule has 0 radical (unpaired) electrons. The summed E-state index contributed by atoms with van der Waals surface area (Å²) in [6, 6.07) is 6.98. The standard InChI is InChI=1S/C14H9F3N2O6S/c15-14(16,17)13(9-1-5-11(20)6-2-9)18-25-26(23,24)12-7-3-10(4-8-12)19(21)22/h1-8,20H/b18-13-. The molecule has 0 bridgehead atoms. The number of non-ortho nitro benzene ring substituents is 1. The Morgan fingerprint density at radius 2 is 1.62 bits per heavy atom. The van der Waals surface area contributed by atoms with E-state index in [0.29, 0.717) is 0 Å². The number of halogens is 3. The predicted molar refractivity (Wildman–Crippen MR) is 82.1 cm³/mol. The fourth-order valence-corrected chi connectivity index (χ4v) is 2.48. The Morgan fingerprint density at radius 3 is 2.08 bits per heavy atom. The Hall–Kier alpha value is -3.15. The summed E-state index contributed by atoms with van der Waals surface area (Å²) in [7, 11) is -4.73. The van der Waals surface area contributed by atoms with Crippen molar-refractivity contribution >= 4 is 21.5 Å². The third kappa shape index (κ3) is 4.47. The van der Waals surface area contributed by atoms with Crippen LogP contribution in [0.1, 0.15) is 5.56 Å². The van der Waals surface area contributed by atoms with Crippen LogP contribution in [0.3, 0.4) is 0 Å². The minimum atomic E-state index is -5.04. The Balaban J connectivity index is 2.35. The second-order valence-electron chi connectivity index (χ2n) is 4.76.